The number of nitrogens with two attached hydrogens (primary N) is 1. The highest BCUT2D eigenvalue weighted by Crippen LogP contribution is 2.14. The van der Waals surface area contributed by atoms with Gasteiger partial charge in [0.15, 0.2) is 5.69 Å². The molecule has 2 aromatic rings. The third kappa shape index (κ3) is 3.53. The van der Waals surface area contributed by atoms with E-state index in [1.54, 1.807) is 18.2 Å². The lowest BCUT2D eigenvalue weighted by Crippen LogP contribution is -2.26. The number of carbonyl (C=O) groups is 1. The standard InChI is InChI=1S/C15H17FN4O/c1-9(2)14-18-8-12(17)13(20-14)15(21)19-7-10-5-3-4-6-11(10)16/h3-6,8-9H,7,17H2,1-2H3,(H,19,21). The quantitative estimate of drug-likeness (QED) is 0.904. The van der Waals surface area contributed by atoms with E-state index in [2.05, 4.69) is 15.3 Å². The van der Waals surface area contributed by atoms with E-state index in [-0.39, 0.29) is 29.7 Å². The molecule has 1 heterocycles. The minimum atomic E-state index is -0.444. The summed E-state index contributed by atoms with van der Waals surface area (Å²) >= 11 is 0. The molecule has 1 aromatic heterocycles. The highest BCUT2D eigenvalue weighted by atomic mass is 19.1. The van der Waals surface area contributed by atoms with E-state index in [4.69, 9.17) is 5.73 Å². The zero-order valence-electron chi connectivity index (χ0n) is 11.9. The van der Waals surface area contributed by atoms with Crippen LogP contribution in [0, 0.1) is 5.82 Å². The number of amides is 1. The second kappa shape index (κ2) is 6.30. The maximum absolute atomic E-state index is 13.5. The van der Waals surface area contributed by atoms with E-state index in [0.717, 1.165) is 0 Å². The number of carbonyl (C=O) groups excluding carboxylic acids is 1. The molecule has 110 valence electrons. The lowest BCUT2D eigenvalue weighted by atomic mass is 10.2. The van der Waals surface area contributed by atoms with Gasteiger partial charge in [0.05, 0.1) is 11.9 Å². The molecule has 2 rings (SSSR count). The van der Waals surface area contributed by atoms with Crippen molar-refractivity contribution in [2.75, 3.05) is 5.73 Å². The average molecular weight is 288 g/mol. The number of aromatic nitrogens is 2. The second-order valence-electron chi connectivity index (χ2n) is 4.96. The third-order valence-corrected chi connectivity index (χ3v) is 2.96. The van der Waals surface area contributed by atoms with Crippen LogP contribution in [0.15, 0.2) is 30.5 Å². The number of hydrogen-bond donors (Lipinski definition) is 2. The molecule has 5 nitrogen and oxygen atoms in total. The van der Waals surface area contributed by atoms with Gasteiger partial charge in [0.1, 0.15) is 11.6 Å². The van der Waals surface area contributed by atoms with Crippen molar-refractivity contribution in [3.63, 3.8) is 0 Å². The van der Waals surface area contributed by atoms with Gasteiger partial charge in [-0.05, 0) is 6.07 Å². The molecule has 1 amide bonds. The fraction of sp³-hybridized carbons (Fsp3) is 0.267. The molecule has 0 fully saturated rings. The number of hydrogen-bond acceptors (Lipinski definition) is 4. The molecule has 0 aliphatic carbocycles. The molecular weight excluding hydrogens is 271 g/mol. The largest absolute Gasteiger partial charge is 0.396 e. The number of rotatable bonds is 4. The molecule has 21 heavy (non-hydrogen) atoms. The Hall–Kier alpha value is -2.50. The summed E-state index contributed by atoms with van der Waals surface area (Å²) in [7, 11) is 0. The fourth-order valence-corrected chi connectivity index (χ4v) is 1.77. The zero-order valence-corrected chi connectivity index (χ0v) is 11.9. The number of anilines is 1. The number of halogens is 1. The van der Waals surface area contributed by atoms with E-state index in [9.17, 15) is 9.18 Å². The van der Waals surface area contributed by atoms with Crippen LogP contribution >= 0.6 is 0 Å². The Kier molecular flexibility index (Phi) is 4.47. The molecule has 6 heteroatoms. The SMILES string of the molecule is CC(C)c1ncc(N)c(C(=O)NCc2ccccc2F)n1. The van der Waals surface area contributed by atoms with Gasteiger partial charge in [0.2, 0.25) is 0 Å². The molecule has 0 aliphatic rings. The van der Waals surface area contributed by atoms with Gasteiger partial charge >= 0.3 is 0 Å². The number of nitrogens with zero attached hydrogens (tertiary/aromatic N) is 2. The van der Waals surface area contributed by atoms with Crippen molar-refractivity contribution in [3.8, 4) is 0 Å². The van der Waals surface area contributed by atoms with Crippen molar-refractivity contribution in [1.29, 1.82) is 0 Å². The van der Waals surface area contributed by atoms with Crippen molar-refractivity contribution in [3.05, 3.63) is 53.4 Å². The maximum Gasteiger partial charge on any atom is 0.272 e. The van der Waals surface area contributed by atoms with Crippen molar-refractivity contribution in [2.24, 2.45) is 0 Å². The number of benzene rings is 1. The van der Waals surface area contributed by atoms with Crippen molar-refractivity contribution < 1.29 is 9.18 Å². The molecular formula is C15H17FN4O. The Bertz CT molecular complexity index is 658. The normalized spacial score (nSPS) is 10.7. The molecule has 0 saturated heterocycles. The summed E-state index contributed by atoms with van der Waals surface area (Å²) in [6, 6.07) is 6.26. The molecule has 0 atom stereocenters. The number of nitrogen functional groups attached to an aromatic ring is 1. The number of nitrogens with one attached hydrogen (secondary N) is 1. The van der Waals surface area contributed by atoms with E-state index in [0.29, 0.717) is 11.4 Å². The predicted molar refractivity (Wildman–Crippen MR) is 78.1 cm³/mol. The Morgan fingerprint density at radius 3 is 2.76 bits per heavy atom. The zero-order chi connectivity index (χ0) is 15.4. The van der Waals surface area contributed by atoms with Crippen molar-refractivity contribution >= 4 is 11.6 Å². The van der Waals surface area contributed by atoms with Crippen LogP contribution in [-0.2, 0) is 6.54 Å². The van der Waals surface area contributed by atoms with Gasteiger partial charge in [-0.25, -0.2) is 14.4 Å². The van der Waals surface area contributed by atoms with E-state index in [1.165, 1.54) is 12.3 Å². The van der Waals surface area contributed by atoms with Gasteiger partial charge in [0, 0.05) is 18.0 Å². The summed E-state index contributed by atoms with van der Waals surface area (Å²) in [6.45, 7) is 3.92. The van der Waals surface area contributed by atoms with Crippen molar-refractivity contribution in [1.82, 2.24) is 15.3 Å². The summed E-state index contributed by atoms with van der Waals surface area (Å²) in [5, 5.41) is 2.61. The van der Waals surface area contributed by atoms with Gasteiger partial charge < -0.3 is 11.1 Å². The minimum absolute atomic E-state index is 0.0754. The predicted octanol–water partition coefficient (Wildman–Crippen LogP) is 2.25. The molecule has 0 aliphatic heterocycles. The van der Waals surface area contributed by atoms with Crippen LogP contribution in [0.5, 0.6) is 0 Å². The van der Waals surface area contributed by atoms with Crippen LogP contribution in [0.25, 0.3) is 0 Å². The second-order valence-corrected chi connectivity index (χ2v) is 4.96. The van der Waals surface area contributed by atoms with Crippen LogP contribution in [-0.4, -0.2) is 15.9 Å². The molecule has 0 spiro atoms. The first-order chi connectivity index (χ1) is 9.99. The van der Waals surface area contributed by atoms with Gasteiger partial charge in [-0.3, -0.25) is 4.79 Å². The van der Waals surface area contributed by atoms with E-state index < -0.39 is 5.91 Å². The minimum Gasteiger partial charge on any atom is -0.396 e. The summed E-state index contributed by atoms with van der Waals surface area (Å²) in [5.41, 5.74) is 6.45. The average Bonchev–Trinajstić information content (AvgIpc) is 2.46. The molecule has 0 radical (unpaired) electrons. The smallest absolute Gasteiger partial charge is 0.272 e. The monoisotopic (exact) mass is 288 g/mol. The maximum atomic E-state index is 13.5. The summed E-state index contributed by atoms with van der Waals surface area (Å²) in [6.07, 6.45) is 1.42. The third-order valence-electron chi connectivity index (χ3n) is 2.96. The van der Waals surface area contributed by atoms with Crippen LogP contribution in [0.4, 0.5) is 10.1 Å². The fourth-order valence-electron chi connectivity index (χ4n) is 1.77. The van der Waals surface area contributed by atoms with E-state index >= 15 is 0 Å². The van der Waals surface area contributed by atoms with Gasteiger partial charge in [-0.1, -0.05) is 32.0 Å². The first-order valence-electron chi connectivity index (χ1n) is 6.63. The summed E-state index contributed by atoms with van der Waals surface area (Å²) < 4.78 is 13.5. The first kappa shape index (κ1) is 14.9. The van der Waals surface area contributed by atoms with Crippen molar-refractivity contribution in [2.45, 2.75) is 26.3 Å². The molecule has 0 unspecified atom stereocenters. The highest BCUT2D eigenvalue weighted by Gasteiger charge is 2.15. The molecule has 1 aromatic carbocycles. The lowest BCUT2D eigenvalue weighted by Gasteiger charge is -2.10. The Balaban J connectivity index is 2.14. The van der Waals surface area contributed by atoms with Gasteiger partial charge in [-0.15, -0.1) is 0 Å². The molecule has 3 N–H and O–H groups in total. The van der Waals surface area contributed by atoms with E-state index in [1.807, 2.05) is 13.8 Å². The summed E-state index contributed by atoms with van der Waals surface area (Å²) in [4.78, 5) is 20.4. The van der Waals surface area contributed by atoms with Gasteiger partial charge in [-0.2, -0.15) is 0 Å². The van der Waals surface area contributed by atoms with Crippen LogP contribution in [0.3, 0.4) is 0 Å². The van der Waals surface area contributed by atoms with Crippen LogP contribution in [0.2, 0.25) is 0 Å². The highest BCUT2D eigenvalue weighted by molar-refractivity contribution is 5.96. The lowest BCUT2D eigenvalue weighted by molar-refractivity contribution is 0.0946. The molecule has 0 saturated carbocycles. The Labute approximate surface area is 122 Å². The Morgan fingerprint density at radius 2 is 2.10 bits per heavy atom. The van der Waals surface area contributed by atoms with Gasteiger partial charge in [0.25, 0.3) is 5.91 Å². The molecule has 0 bridgehead atoms. The first-order valence-corrected chi connectivity index (χ1v) is 6.63. The summed E-state index contributed by atoms with van der Waals surface area (Å²) in [5.74, 6) is -0.180. The van der Waals surface area contributed by atoms with Crippen LogP contribution in [0.1, 0.15) is 41.6 Å². The van der Waals surface area contributed by atoms with Crippen LogP contribution < -0.4 is 11.1 Å². The Morgan fingerprint density at radius 1 is 1.38 bits per heavy atom. The topological polar surface area (TPSA) is 80.9 Å².